The predicted molar refractivity (Wildman–Crippen MR) is 53.3 cm³/mol. The Morgan fingerprint density at radius 3 is 3.00 bits per heavy atom. The molecule has 0 saturated carbocycles. The van der Waals surface area contributed by atoms with Gasteiger partial charge >= 0.3 is 6.09 Å². The van der Waals surface area contributed by atoms with Crippen molar-refractivity contribution in [3.63, 3.8) is 0 Å². The molecule has 0 saturated heterocycles. The summed E-state index contributed by atoms with van der Waals surface area (Å²) in [7, 11) is 0. The van der Waals surface area contributed by atoms with Crippen LogP contribution in [0.5, 0.6) is 0 Å². The van der Waals surface area contributed by atoms with Crippen molar-refractivity contribution >= 4 is 6.09 Å². The van der Waals surface area contributed by atoms with E-state index in [1.54, 1.807) is 12.1 Å². The number of benzene rings is 1. The zero-order valence-corrected chi connectivity index (χ0v) is 8.10. The maximum Gasteiger partial charge on any atom is 0.407 e. The van der Waals surface area contributed by atoms with Crippen molar-refractivity contribution in [2.75, 3.05) is 6.54 Å². The molecule has 0 spiro atoms. The smallest absolute Gasteiger partial charge is 0.407 e. The molecule has 15 heavy (non-hydrogen) atoms. The number of carboxylic acid groups (broad SMARTS) is 1. The number of rotatable bonds is 0. The van der Waals surface area contributed by atoms with E-state index in [1.165, 1.54) is 4.90 Å². The van der Waals surface area contributed by atoms with Gasteiger partial charge in [-0.25, -0.2) is 4.79 Å². The van der Waals surface area contributed by atoms with Crippen molar-refractivity contribution in [3.8, 4) is 6.07 Å². The lowest BCUT2D eigenvalue weighted by Crippen LogP contribution is -2.35. The molecule has 0 unspecified atom stereocenters. The summed E-state index contributed by atoms with van der Waals surface area (Å²) in [5.41, 5.74) is 2.61. The minimum Gasteiger partial charge on any atom is -0.465 e. The monoisotopic (exact) mass is 202 g/mol. The van der Waals surface area contributed by atoms with E-state index in [4.69, 9.17) is 10.4 Å². The van der Waals surface area contributed by atoms with E-state index < -0.39 is 6.09 Å². The Morgan fingerprint density at radius 1 is 1.53 bits per heavy atom. The van der Waals surface area contributed by atoms with Crippen LogP contribution in [0.25, 0.3) is 0 Å². The van der Waals surface area contributed by atoms with Gasteiger partial charge in [-0.1, -0.05) is 12.1 Å². The normalized spacial score (nSPS) is 14.2. The molecule has 0 fully saturated rings. The van der Waals surface area contributed by atoms with E-state index in [9.17, 15) is 4.79 Å². The lowest BCUT2D eigenvalue weighted by molar-refractivity contribution is 0.140. The molecule has 0 aliphatic carbocycles. The molecule has 1 aromatic carbocycles. The van der Waals surface area contributed by atoms with Crippen LogP contribution < -0.4 is 0 Å². The van der Waals surface area contributed by atoms with Gasteiger partial charge in [0, 0.05) is 13.1 Å². The molecule has 0 bridgehead atoms. The Kier molecular flexibility index (Phi) is 2.30. The lowest BCUT2D eigenvalue weighted by Gasteiger charge is -2.26. The summed E-state index contributed by atoms with van der Waals surface area (Å²) in [6.45, 7) is 0.862. The maximum atomic E-state index is 10.8. The fourth-order valence-electron chi connectivity index (χ4n) is 1.88. The highest BCUT2D eigenvalue weighted by Gasteiger charge is 2.21. The minimum atomic E-state index is -0.900. The molecule has 4 nitrogen and oxygen atoms in total. The van der Waals surface area contributed by atoms with Gasteiger partial charge < -0.3 is 10.0 Å². The Labute approximate surface area is 87.4 Å². The van der Waals surface area contributed by atoms with Crippen molar-refractivity contribution in [2.45, 2.75) is 13.0 Å². The summed E-state index contributed by atoms with van der Waals surface area (Å²) in [5.74, 6) is 0. The van der Waals surface area contributed by atoms with Crippen LogP contribution in [0.4, 0.5) is 4.79 Å². The molecule has 1 aromatic rings. The van der Waals surface area contributed by atoms with Crippen molar-refractivity contribution in [1.82, 2.24) is 4.90 Å². The van der Waals surface area contributed by atoms with Gasteiger partial charge in [0.1, 0.15) is 0 Å². The third-order valence-electron chi connectivity index (χ3n) is 2.66. The number of hydrogen-bond donors (Lipinski definition) is 1. The summed E-state index contributed by atoms with van der Waals surface area (Å²) < 4.78 is 0. The first-order chi connectivity index (χ1) is 7.22. The van der Waals surface area contributed by atoms with E-state index in [1.807, 2.05) is 6.07 Å². The van der Waals surface area contributed by atoms with E-state index in [2.05, 4.69) is 6.07 Å². The third kappa shape index (κ3) is 1.64. The largest absolute Gasteiger partial charge is 0.465 e. The van der Waals surface area contributed by atoms with Gasteiger partial charge in [0.15, 0.2) is 0 Å². The first-order valence-electron chi connectivity index (χ1n) is 4.71. The zero-order chi connectivity index (χ0) is 10.8. The number of fused-ring (bicyclic) bond motifs is 1. The third-order valence-corrected chi connectivity index (χ3v) is 2.66. The van der Waals surface area contributed by atoms with Crippen LogP contribution in [0.2, 0.25) is 0 Å². The number of hydrogen-bond acceptors (Lipinski definition) is 2. The zero-order valence-electron chi connectivity index (χ0n) is 8.10. The van der Waals surface area contributed by atoms with Crippen LogP contribution in [0.15, 0.2) is 18.2 Å². The minimum absolute atomic E-state index is 0.389. The quantitative estimate of drug-likeness (QED) is 0.694. The van der Waals surface area contributed by atoms with Crippen molar-refractivity contribution in [3.05, 3.63) is 34.9 Å². The van der Waals surface area contributed by atoms with Crippen LogP contribution in [-0.2, 0) is 13.0 Å². The van der Waals surface area contributed by atoms with Crippen LogP contribution >= 0.6 is 0 Å². The first-order valence-corrected chi connectivity index (χ1v) is 4.71. The molecular weight excluding hydrogens is 192 g/mol. The summed E-state index contributed by atoms with van der Waals surface area (Å²) in [5, 5.41) is 17.7. The van der Waals surface area contributed by atoms with Crippen molar-refractivity contribution in [2.24, 2.45) is 0 Å². The van der Waals surface area contributed by atoms with Gasteiger partial charge in [-0.05, 0) is 23.6 Å². The number of nitrogens with zero attached hydrogens (tertiary/aromatic N) is 2. The van der Waals surface area contributed by atoms with Crippen LogP contribution in [-0.4, -0.2) is 22.6 Å². The fourth-order valence-corrected chi connectivity index (χ4v) is 1.88. The molecule has 1 heterocycles. The summed E-state index contributed by atoms with van der Waals surface area (Å²) in [6, 6.07) is 7.58. The van der Waals surface area contributed by atoms with Gasteiger partial charge in [-0.2, -0.15) is 5.26 Å². The van der Waals surface area contributed by atoms with Gasteiger partial charge in [0.25, 0.3) is 0 Å². The van der Waals surface area contributed by atoms with Crippen molar-refractivity contribution in [1.29, 1.82) is 5.26 Å². The van der Waals surface area contributed by atoms with Crippen LogP contribution in [0, 0.1) is 11.3 Å². The highest BCUT2D eigenvalue weighted by Crippen LogP contribution is 2.21. The summed E-state index contributed by atoms with van der Waals surface area (Å²) in [6.07, 6.45) is -0.270. The predicted octanol–water partition coefficient (Wildman–Crippen LogP) is 1.59. The Morgan fingerprint density at radius 2 is 2.33 bits per heavy atom. The van der Waals surface area contributed by atoms with Gasteiger partial charge in [-0.15, -0.1) is 0 Å². The van der Waals surface area contributed by atoms with E-state index in [0.717, 1.165) is 11.1 Å². The fraction of sp³-hybridized carbons (Fsp3) is 0.273. The second-order valence-electron chi connectivity index (χ2n) is 3.51. The molecule has 76 valence electrons. The molecule has 0 aromatic heterocycles. The van der Waals surface area contributed by atoms with Crippen molar-refractivity contribution < 1.29 is 9.90 Å². The SMILES string of the molecule is N#Cc1cccc2c1CCN(C(=O)O)C2. The van der Waals surface area contributed by atoms with E-state index >= 15 is 0 Å². The molecular formula is C11H10N2O2. The Balaban J connectivity index is 2.36. The molecule has 1 aliphatic heterocycles. The molecule has 4 heteroatoms. The van der Waals surface area contributed by atoms with Gasteiger partial charge in [-0.3, -0.25) is 0 Å². The van der Waals surface area contributed by atoms with E-state index in [0.29, 0.717) is 25.1 Å². The molecule has 0 radical (unpaired) electrons. The molecule has 1 amide bonds. The van der Waals surface area contributed by atoms with Gasteiger partial charge in [0.2, 0.25) is 0 Å². The molecule has 0 atom stereocenters. The lowest BCUT2D eigenvalue weighted by atomic mass is 9.95. The van der Waals surface area contributed by atoms with Gasteiger partial charge in [0.05, 0.1) is 11.6 Å². The second kappa shape index (κ2) is 3.62. The molecule has 2 rings (SSSR count). The second-order valence-corrected chi connectivity index (χ2v) is 3.51. The topological polar surface area (TPSA) is 64.3 Å². The van der Waals surface area contributed by atoms with E-state index in [-0.39, 0.29) is 0 Å². The highest BCUT2D eigenvalue weighted by molar-refractivity contribution is 5.65. The summed E-state index contributed by atoms with van der Waals surface area (Å²) >= 11 is 0. The Hall–Kier alpha value is -2.02. The molecule has 1 aliphatic rings. The summed E-state index contributed by atoms with van der Waals surface area (Å²) in [4.78, 5) is 12.1. The average molecular weight is 202 g/mol. The van der Waals surface area contributed by atoms with Crippen LogP contribution in [0.1, 0.15) is 16.7 Å². The van der Waals surface area contributed by atoms with Crippen LogP contribution in [0.3, 0.4) is 0 Å². The first kappa shape index (κ1) is 9.53. The number of carbonyl (C=O) groups is 1. The number of nitriles is 1. The highest BCUT2D eigenvalue weighted by atomic mass is 16.4. The average Bonchev–Trinajstić information content (AvgIpc) is 2.27. The molecule has 1 N–H and O–H groups in total. The Bertz CT molecular complexity index is 448. The standard InChI is InChI=1S/C11H10N2O2/c12-6-8-2-1-3-9-7-13(11(14)15)5-4-10(8)9/h1-3H,4-5,7H2,(H,14,15). The maximum absolute atomic E-state index is 10.8. The number of amides is 1.